The summed E-state index contributed by atoms with van der Waals surface area (Å²) in [4.78, 5) is 18.0. The van der Waals surface area contributed by atoms with E-state index in [9.17, 15) is 4.79 Å². The molecule has 3 atom stereocenters. The van der Waals surface area contributed by atoms with Crippen LogP contribution in [0.5, 0.6) is 0 Å². The topological polar surface area (TPSA) is 56.8 Å². The van der Waals surface area contributed by atoms with Crippen molar-refractivity contribution < 1.29 is 9.53 Å². The first-order valence-electron chi connectivity index (χ1n) is 11.2. The van der Waals surface area contributed by atoms with Gasteiger partial charge in [-0.2, -0.15) is 0 Å². The molecule has 0 radical (unpaired) electrons. The summed E-state index contributed by atoms with van der Waals surface area (Å²) in [7, 11) is 3.63. The molecule has 32 heavy (non-hydrogen) atoms. The molecule has 0 spiro atoms. The SMILES string of the molecule is CN(C)C(=O)c1sc2ccccc2c1C1CN(CC2CNNC2c2ccccc2)CCO1. The van der Waals surface area contributed by atoms with E-state index in [0.717, 1.165) is 46.7 Å². The van der Waals surface area contributed by atoms with Crippen LogP contribution in [0.4, 0.5) is 0 Å². The fourth-order valence-electron chi connectivity index (χ4n) is 4.84. The monoisotopic (exact) mass is 450 g/mol. The second kappa shape index (κ2) is 9.29. The van der Waals surface area contributed by atoms with Crippen molar-refractivity contribution in [1.29, 1.82) is 0 Å². The van der Waals surface area contributed by atoms with Gasteiger partial charge in [0.1, 0.15) is 0 Å². The van der Waals surface area contributed by atoms with Crippen molar-refractivity contribution in [1.82, 2.24) is 20.7 Å². The van der Waals surface area contributed by atoms with Crippen molar-refractivity contribution in [2.75, 3.05) is 46.9 Å². The number of hydrazine groups is 1. The van der Waals surface area contributed by atoms with Crippen LogP contribution in [0.1, 0.15) is 32.9 Å². The number of hydrogen-bond donors (Lipinski definition) is 2. The molecular weight excluding hydrogens is 420 g/mol. The van der Waals surface area contributed by atoms with Crippen molar-refractivity contribution in [3.8, 4) is 0 Å². The van der Waals surface area contributed by atoms with Gasteiger partial charge in [-0.3, -0.25) is 15.1 Å². The second-order valence-corrected chi connectivity index (χ2v) is 9.89. The van der Waals surface area contributed by atoms with E-state index in [1.165, 1.54) is 5.56 Å². The minimum Gasteiger partial charge on any atom is -0.371 e. The normalized spacial score (nSPS) is 24.1. The third-order valence-electron chi connectivity index (χ3n) is 6.45. The van der Waals surface area contributed by atoms with E-state index < -0.39 is 0 Å². The number of carbonyl (C=O) groups excluding carboxylic acids is 1. The number of amides is 1. The lowest BCUT2D eigenvalue weighted by atomic mass is 9.94. The maximum atomic E-state index is 13.0. The Morgan fingerprint density at radius 1 is 1.16 bits per heavy atom. The number of hydrogen-bond acceptors (Lipinski definition) is 6. The molecular formula is C25H30N4O2S. The molecule has 2 N–H and O–H groups in total. The second-order valence-electron chi connectivity index (χ2n) is 8.83. The fraction of sp³-hybridized carbons (Fsp3) is 0.400. The molecule has 2 aliphatic rings. The standard InChI is InChI=1S/C25H30N4O2S/c1-28(2)25(30)24-22(19-10-6-7-11-21(19)32-24)20-16-29(12-13-31-20)15-18-14-26-27-23(18)17-8-4-3-5-9-17/h3-11,18,20,23,26-27H,12-16H2,1-2H3. The molecule has 2 saturated heterocycles. The molecule has 6 nitrogen and oxygen atoms in total. The van der Waals surface area contributed by atoms with Crippen molar-refractivity contribution in [2.45, 2.75) is 12.1 Å². The van der Waals surface area contributed by atoms with Crippen LogP contribution in [0.3, 0.4) is 0 Å². The van der Waals surface area contributed by atoms with E-state index in [1.54, 1.807) is 16.2 Å². The predicted octanol–water partition coefficient (Wildman–Crippen LogP) is 3.44. The molecule has 0 aliphatic carbocycles. The van der Waals surface area contributed by atoms with Crippen LogP contribution < -0.4 is 10.9 Å². The zero-order chi connectivity index (χ0) is 22.1. The van der Waals surface area contributed by atoms with Crippen LogP contribution in [-0.4, -0.2) is 62.6 Å². The van der Waals surface area contributed by atoms with E-state index in [4.69, 9.17) is 4.74 Å². The van der Waals surface area contributed by atoms with Gasteiger partial charge < -0.3 is 9.64 Å². The quantitative estimate of drug-likeness (QED) is 0.624. The summed E-state index contributed by atoms with van der Waals surface area (Å²) in [6, 6.07) is 19.2. The maximum Gasteiger partial charge on any atom is 0.263 e. The number of fused-ring (bicyclic) bond motifs is 1. The minimum atomic E-state index is -0.101. The van der Waals surface area contributed by atoms with Crippen LogP contribution in [-0.2, 0) is 4.74 Å². The van der Waals surface area contributed by atoms with Gasteiger partial charge in [-0.1, -0.05) is 48.5 Å². The van der Waals surface area contributed by atoms with Crippen LogP contribution in [0.2, 0.25) is 0 Å². The molecule has 5 rings (SSSR count). The lowest BCUT2D eigenvalue weighted by Gasteiger charge is -2.35. The first-order valence-corrected chi connectivity index (χ1v) is 12.0. The van der Waals surface area contributed by atoms with Crippen LogP contribution >= 0.6 is 11.3 Å². The van der Waals surface area contributed by atoms with Gasteiger partial charge in [-0.25, -0.2) is 5.43 Å². The van der Waals surface area contributed by atoms with Gasteiger partial charge in [0, 0.05) is 56.5 Å². The van der Waals surface area contributed by atoms with Gasteiger partial charge in [0.25, 0.3) is 5.91 Å². The molecule has 0 saturated carbocycles. The summed E-state index contributed by atoms with van der Waals surface area (Å²) >= 11 is 1.58. The molecule has 0 bridgehead atoms. The van der Waals surface area contributed by atoms with Crippen molar-refractivity contribution in [2.24, 2.45) is 5.92 Å². The Morgan fingerprint density at radius 3 is 2.75 bits per heavy atom. The molecule has 3 heterocycles. The lowest BCUT2D eigenvalue weighted by molar-refractivity contribution is -0.0340. The number of rotatable bonds is 5. The van der Waals surface area contributed by atoms with Gasteiger partial charge in [0.2, 0.25) is 0 Å². The zero-order valence-electron chi connectivity index (χ0n) is 18.6. The van der Waals surface area contributed by atoms with E-state index >= 15 is 0 Å². The average molecular weight is 451 g/mol. The summed E-state index contributed by atoms with van der Waals surface area (Å²) in [6.07, 6.45) is -0.101. The Morgan fingerprint density at radius 2 is 1.94 bits per heavy atom. The van der Waals surface area contributed by atoms with Gasteiger partial charge in [0.15, 0.2) is 0 Å². The van der Waals surface area contributed by atoms with Gasteiger partial charge in [-0.15, -0.1) is 11.3 Å². The Kier molecular flexibility index (Phi) is 6.26. The summed E-state index contributed by atoms with van der Waals surface area (Å²) in [5, 5.41) is 1.14. The van der Waals surface area contributed by atoms with E-state index in [2.05, 4.69) is 58.2 Å². The number of thiophene rings is 1. The molecule has 168 valence electrons. The van der Waals surface area contributed by atoms with E-state index in [-0.39, 0.29) is 12.0 Å². The number of nitrogens with one attached hydrogen (secondary N) is 2. The Bertz CT molecular complexity index is 1080. The molecule has 2 fully saturated rings. The number of nitrogens with zero attached hydrogens (tertiary/aromatic N) is 2. The van der Waals surface area contributed by atoms with Crippen LogP contribution in [0, 0.1) is 5.92 Å². The fourth-order valence-corrected chi connectivity index (χ4v) is 6.12. The Balaban J connectivity index is 1.38. The lowest BCUT2D eigenvalue weighted by Crippen LogP contribution is -2.42. The van der Waals surface area contributed by atoms with Crippen molar-refractivity contribution in [3.05, 3.63) is 70.6 Å². The number of morpholine rings is 1. The summed E-state index contributed by atoms with van der Waals surface area (Å²) in [6.45, 7) is 4.31. The van der Waals surface area contributed by atoms with Crippen molar-refractivity contribution in [3.63, 3.8) is 0 Å². The molecule has 2 aromatic carbocycles. The summed E-state index contributed by atoms with van der Waals surface area (Å²) in [5.41, 5.74) is 9.18. The predicted molar refractivity (Wildman–Crippen MR) is 129 cm³/mol. The van der Waals surface area contributed by atoms with Crippen LogP contribution in [0.25, 0.3) is 10.1 Å². The number of carbonyl (C=O) groups is 1. The molecule has 1 amide bonds. The molecule has 3 unspecified atom stereocenters. The van der Waals surface area contributed by atoms with Gasteiger partial charge in [0.05, 0.1) is 23.6 Å². The highest BCUT2D eigenvalue weighted by molar-refractivity contribution is 7.21. The Hall–Kier alpha value is -2.29. The Labute approximate surface area is 193 Å². The largest absolute Gasteiger partial charge is 0.371 e. The molecule has 3 aromatic rings. The third kappa shape index (κ3) is 4.19. The third-order valence-corrected chi connectivity index (χ3v) is 7.63. The van der Waals surface area contributed by atoms with Gasteiger partial charge >= 0.3 is 0 Å². The number of benzene rings is 2. The number of ether oxygens (including phenoxy) is 1. The maximum absolute atomic E-state index is 13.0. The first-order chi connectivity index (χ1) is 15.6. The van der Waals surface area contributed by atoms with Gasteiger partial charge in [-0.05, 0) is 17.0 Å². The first kappa shape index (κ1) is 21.6. The smallest absolute Gasteiger partial charge is 0.263 e. The van der Waals surface area contributed by atoms with Crippen molar-refractivity contribution >= 4 is 27.3 Å². The average Bonchev–Trinajstić information content (AvgIpc) is 3.44. The van der Waals surface area contributed by atoms with E-state index in [0.29, 0.717) is 18.6 Å². The zero-order valence-corrected chi connectivity index (χ0v) is 19.4. The molecule has 1 aromatic heterocycles. The molecule has 7 heteroatoms. The summed E-state index contributed by atoms with van der Waals surface area (Å²) in [5.74, 6) is 0.522. The molecule has 2 aliphatic heterocycles. The highest BCUT2D eigenvalue weighted by Gasteiger charge is 2.34. The van der Waals surface area contributed by atoms with Crippen LogP contribution in [0.15, 0.2) is 54.6 Å². The summed E-state index contributed by atoms with van der Waals surface area (Å²) < 4.78 is 7.41. The highest BCUT2D eigenvalue weighted by Crippen LogP contribution is 2.39. The van der Waals surface area contributed by atoms with E-state index in [1.807, 2.05) is 26.2 Å². The minimum absolute atomic E-state index is 0.0512. The highest BCUT2D eigenvalue weighted by atomic mass is 32.1.